The van der Waals surface area contributed by atoms with Crippen molar-refractivity contribution < 1.29 is 28.6 Å². The molecule has 474 valence electrons. The van der Waals surface area contributed by atoms with Gasteiger partial charge in [-0.05, 0) is 128 Å². The van der Waals surface area contributed by atoms with E-state index in [1.165, 1.54) is 161 Å². The molecular formula is C77H130O6. The zero-order chi connectivity index (χ0) is 59.9. The van der Waals surface area contributed by atoms with Crippen molar-refractivity contribution in [2.45, 2.75) is 335 Å². The fourth-order valence-corrected chi connectivity index (χ4v) is 9.75. The second kappa shape index (κ2) is 70.3. The maximum absolute atomic E-state index is 13.0. The van der Waals surface area contributed by atoms with Gasteiger partial charge in [-0.25, -0.2) is 0 Å². The van der Waals surface area contributed by atoms with Crippen LogP contribution in [-0.2, 0) is 28.6 Å². The molecule has 6 nitrogen and oxygen atoms in total. The number of allylic oxidation sites excluding steroid dienone is 20. The Hall–Kier alpha value is -4.19. The summed E-state index contributed by atoms with van der Waals surface area (Å²) in [6.07, 6.45) is 97.9. The molecule has 0 aliphatic carbocycles. The van der Waals surface area contributed by atoms with Crippen LogP contribution in [0.1, 0.15) is 329 Å². The molecule has 0 aliphatic heterocycles. The maximum atomic E-state index is 13.0. The first kappa shape index (κ1) is 78.8. The lowest BCUT2D eigenvalue weighted by Crippen LogP contribution is -2.30. The van der Waals surface area contributed by atoms with Gasteiger partial charge in [-0.2, -0.15) is 0 Å². The first-order valence-electron chi connectivity index (χ1n) is 35.0. The Labute approximate surface area is 513 Å². The van der Waals surface area contributed by atoms with Crippen molar-refractivity contribution in [3.05, 3.63) is 122 Å². The Morgan fingerprint density at radius 2 is 0.470 bits per heavy atom. The van der Waals surface area contributed by atoms with Crippen LogP contribution in [0.2, 0.25) is 0 Å². The molecule has 0 saturated heterocycles. The van der Waals surface area contributed by atoms with Crippen molar-refractivity contribution in [1.82, 2.24) is 0 Å². The van der Waals surface area contributed by atoms with Gasteiger partial charge in [0.1, 0.15) is 13.2 Å². The first-order chi connectivity index (χ1) is 41.0. The minimum absolute atomic E-state index is 0.0876. The molecule has 0 saturated carbocycles. The summed E-state index contributed by atoms with van der Waals surface area (Å²) in [6, 6.07) is 0. The van der Waals surface area contributed by atoms with Gasteiger partial charge in [-0.1, -0.05) is 303 Å². The number of hydrogen-bond acceptors (Lipinski definition) is 6. The molecule has 0 fully saturated rings. The van der Waals surface area contributed by atoms with Gasteiger partial charge < -0.3 is 14.2 Å². The van der Waals surface area contributed by atoms with Crippen LogP contribution in [0.5, 0.6) is 0 Å². The number of rotatable bonds is 63. The van der Waals surface area contributed by atoms with E-state index in [9.17, 15) is 14.4 Å². The fraction of sp³-hybridized carbons (Fsp3) is 0.701. The van der Waals surface area contributed by atoms with Crippen LogP contribution in [0.3, 0.4) is 0 Å². The Kier molecular flexibility index (Phi) is 66.7. The third kappa shape index (κ3) is 68.5. The van der Waals surface area contributed by atoms with Crippen LogP contribution in [0.4, 0.5) is 0 Å². The van der Waals surface area contributed by atoms with Gasteiger partial charge in [0.25, 0.3) is 0 Å². The number of ether oxygens (including phenoxy) is 3. The molecule has 0 spiro atoms. The number of carbonyl (C=O) groups excluding carboxylic acids is 3. The predicted octanol–water partition coefficient (Wildman–Crippen LogP) is 24.3. The largest absolute Gasteiger partial charge is 0.462 e. The molecule has 1 unspecified atom stereocenters. The van der Waals surface area contributed by atoms with Gasteiger partial charge in [-0.15, -0.1) is 0 Å². The number of carbonyl (C=O) groups is 3. The summed E-state index contributed by atoms with van der Waals surface area (Å²) in [4.78, 5) is 38.5. The molecule has 0 bridgehead atoms. The summed E-state index contributed by atoms with van der Waals surface area (Å²) in [7, 11) is 0. The van der Waals surface area contributed by atoms with E-state index < -0.39 is 6.10 Å². The van der Waals surface area contributed by atoms with Crippen LogP contribution in [0, 0.1) is 0 Å². The van der Waals surface area contributed by atoms with Crippen LogP contribution in [-0.4, -0.2) is 37.2 Å². The van der Waals surface area contributed by atoms with Crippen molar-refractivity contribution in [1.29, 1.82) is 0 Å². The molecule has 6 heteroatoms. The van der Waals surface area contributed by atoms with Gasteiger partial charge in [0.2, 0.25) is 0 Å². The summed E-state index contributed by atoms with van der Waals surface area (Å²) >= 11 is 0. The zero-order valence-corrected chi connectivity index (χ0v) is 54.4. The minimum atomic E-state index is -0.794. The van der Waals surface area contributed by atoms with Gasteiger partial charge in [0.05, 0.1) is 0 Å². The molecular weight excluding hydrogens is 1020 g/mol. The SMILES string of the molecule is CC/C=C\C/C=C\C/C=C\C/C=C\C/C=C\CCCCCCCCCCCCCCCC(=O)OCC(COC(=O)CCCCCC/C=C\C/C=C\C/C=C\C/C=C\CC)OC(=O)CCCCCCCCCCC/C=C\CCCCCCCC. The summed E-state index contributed by atoms with van der Waals surface area (Å²) in [5.74, 6) is -0.904. The van der Waals surface area contributed by atoms with Gasteiger partial charge >= 0.3 is 17.9 Å². The summed E-state index contributed by atoms with van der Waals surface area (Å²) in [6.45, 7) is 6.42. The normalized spacial score (nSPS) is 12.9. The third-order valence-corrected chi connectivity index (χ3v) is 14.9. The predicted molar refractivity (Wildman–Crippen MR) is 362 cm³/mol. The first-order valence-corrected chi connectivity index (χ1v) is 35.0. The molecule has 0 radical (unpaired) electrons. The van der Waals surface area contributed by atoms with Crippen LogP contribution >= 0.6 is 0 Å². The molecule has 0 rings (SSSR count). The van der Waals surface area contributed by atoms with E-state index in [4.69, 9.17) is 14.2 Å². The molecule has 0 aromatic carbocycles. The lowest BCUT2D eigenvalue weighted by Gasteiger charge is -2.18. The highest BCUT2D eigenvalue weighted by Gasteiger charge is 2.19. The highest BCUT2D eigenvalue weighted by Crippen LogP contribution is 2.17. The number of esters is 3. The highest BCUT2D eigenvalue weighted by atomic mass is 16.6. The fourth-order valence-electron chi connectivity index (χ4n) is 9.75. The van der Waals surface area contributed by atoms with Gasteiger partial charge in [-0.3, -0.25) is 14.4 Å². The van der Waals surface area contributed by atoms with E-state index in [0.29, 0.717) is 19.3 Å². The van der Waals surface area contributed by atoms with Crippen molar-refractivity contribution in [3.63, 3.8) is 0 Å². The molecule has 0 heterocycles. The van der Waals surface area contributed by atoms with E-state index in [0.717, 1.165) is 128 Å². The smallest absolute Gasteiger partial charge is 0.306 e. The van der Waals surface area contributed by atoms with Crippen molar-refractivity contribution in [2.24, 2.45) is 0 Å². The van der Waals surface area contributed by atoms with Crippen molar-refractivity contribution >= 4 is 17.9 Å². The molecule has 0 aromatic heterocycles. The molecule has 0 aliphatic rings. The molecule has 83 heavy (non-hydrogen) atoms. The monoisotopic (exact) mass is 1150 g/mol. The molecule has 0 aromatic rings. The summed E-state index contributed by atoms with van der Waals surface area (Å²) < 4.78 is 17.0. The summed E-state index contributed by atoms with van der Waals surface area (Å²) in [5.41, 5.74) is 0. The minimum Gasteiger partial charge on any atom is -0.462 e. The van der Waals surface area contributed by atoms with Gasteiger partial charge in [0, 0.05) is 19.3 Å². The maximum Gasteiger partial charge on any atom is 0.306 e. The average molecular weight is 1150 g/mol. The Bertz CT molecular complexity index is 1700. The van der Waals surface area contributed by atoms with Crippen LogP contribution in [0.25, 0.3) is 0 Å². The lowest BCUT2D eigenvalue weighted by atomic mass is 10.0. The molecule has 0 N–H and O–H groups in total. The second-order valence-electron chi connectivity index (χ2n) is 23.0. The van der Waals surface area contributed by atoms with E-state index in [1.807, 2.05) is 0 Å². The highest BCUT2D eigenvalue weighted by molar-refractivity contribution is 5.71. The topological polar surface area (TPSA) is 78.9 Å². The standard InChI is InChI=1S/C77H130O6/c1-4-7-10-13-16-19-22-25-28-31-33-34-35-36-37-38-39-40-41-42-44-46-49-52-55-58-61-64-67-70-76(79)82-73-74(72-81-75(78)69-66-63-60-57-54-51-48-45-30-27-24-21-18-15-12-9-6-3)83-77(80)71-68-65-62-59-56-53-50-47-43-32-29-26-23-20-17-14-11-8-5-2/h7,9-10,12,16,18-19,21,25-30,33-34,36-37,48,51,74H,4-6,8,11,13-15,17,20,22-24,31-32,35,38-47,49-50,52-73H2,1-3H3/b10-7-,12-9-,19-16-,21-18-,28-25-,29-26-,30-27-,34-33-,37-36-,51-48-. The van der Waals surface area contributed by atoms with Gasteiger partial charge in [0.15, 0.2) is 6.10 Å². The zero-order valence-electron chi connectivity index (χ0n) is 54.4. The Balaban J connectivity index is 4.34. The quantitative estimate of drug-likeness (QED) is 0.0261. The van der Waals surface area contributed by atoms with E-state index in [2.05, 4.69) is 142 Å². The second-order valence-corrected chi connectivity index (χ2v) is 23.0. The van der Waals surface area contributed by atoms with Crippen LogP contribution in [0.15, 0.2) is 122 Å². The lowest BCUT2D eigenvalue weighted by molar-refractivity contribution is -0.167. The number of unbranched alkanes of at least 4 members (excludes halogenated alkanes) is 32. The van der Waals surface area contributed by atoms with E-state index in [-0.39, 0.29) is 31.1 Å². The van der Waals surface area contributed by atoms with E-state index >= 15 is 0 Å². The summed E-state index contributed by atoms with van der Waals surface area (Å²) in [5, 5.41) is 0. The molecule has 0 amide bonds. The molecule has 1 atom stereocenters. The van der Waals surface area contributed by atoms with Crippen molar-refractivity contribution in [2.75, 3.05) is 13.2 Å². The van der Waals surface area contributed by atoms with Crippen LogP contribution < -0.4 is 0 Å². The number of hydrogen-bond donors (Lipinski definition) is 0. The van der Waals surface area contributed by atoms with E-state index in [1.54, 1.807) is 0 Å². The Morgan fingerprint density at radius 1 is 0.253 bits per heavy atom. The van der Waals surface area contributed by atoms with Crippen molar-refractivity contribution in [3.8, 4) is 0 Å². The Morgan fingerprint density at radius 3 is 0.747 bits per heavy atom. The third-order valence-electron chi connectivity index (χ3n) is 14.9. The average Bonchev–Trinajstić information content (AvgIpc) is 3.49.